The summed E-state index contributed by atoms with van der Waals surface area (Å²) in [6, 6.07) is 16.5. The van der Waals surface area contributed by atoms with Crippen LogP contribution in [0.5, 0.6) is 5.75 Å². The van der Waals surface area contributed by atoms with Crippen LogP contribution in [0.2, 0.25) is 0 Å². The average molecular weight is 460 g/mol. The molecule has 0 aromatic heterocycles. The molecule has 2 bridgehead atoms. The number of ketones is 1. The number of rotatable bonds is 7. The summed E-state index contributed by atoms with van der Waals surface area (Å²) in [5.41, 5.74) is 2.56. The minimum Gasteiger partial charge on any atom is -0.632 e. The Morgan fingerprint density at radius 2 is 1.94 bits per heavy atom. The molecule has 1 saturated heterocycles. The monoisotopic (exact) mass is 459 g/mol. The third-order valence-electron chi connectivity index (χ3n) is 9.52. The van der Waals surface area contributed by atoms with E-state index in [0.717, 1.165) is 25.0 Å². The van der Waals surface area contributed by atoms with Crippen LogP contribution in [0.1, 0.15) is 55.2 Å². The minimum absolute atomic E-state index is 0.157. The zero-order valence-corrected chi connectivity index (χ0v) is 19.7. The number of quaternary nitrogens is 1. The number of carbonyl (C=O) groups is 1. The Bertz CT molecular complexity index is 1130. The lowest BCUT2D eigenvalue weighted by Gasteiger charge is -2.68. The van der Waals surface area contributed by atoms with E-state index in [1.54, 1.807) is 0 Å². The van der Waals surface area contributed by atoms with E-state index in [0.29, 0.717) is 44.9 Å². The molecule has 1 spiro atoms. The molecule has 0 radical (unpaired) electrons. The normalized spacial score (nSPS) is 37.3. The molecule has 5 aliphatic rings. The van der Waals surface area contributed by atoms with Gasteiger partial charge in [-0.3, -0.25) is 4.79 Å². The molecule has 2 aliphatic heterocycles. The van der Waals surface area contributed by atoms with E-state index in [-0.39, 0.29) is 16.5 Å². The number of hydrogen-bond acceptors (Lipinski definition) is 4. The van der Waals surface area contributed by atoms with Crippen molar-refractivity contribution < 1.29 is 18.9 Å². The number of aryl methyl sites for hydroxylation is 1. The zero-order valence-electron chi connectivity index (χ0n) is 19.7. The first-order valence-corrected chi connectivity index (χ1v) is 13.1. The van der Waals surface area contributed by atoms with Gasteiger partial charge >= 0.3 is 0 Å². The van der Waals surface area contributed by atoms with Crippen LogP contribution in [-0.2, 0) is 27.8 Å². The molecule has 2 heterocycles. The largest absolute Gasteiger partial charge is 0.632 e. The Morgan fingerprint density at radius 1 is 1.09 bits per heavy atom. The highest BCUT2D eigenvalue weighted by molar-refractivity contribution is 5.89. The molecular weight excluding hydrogens is 426 g/mol. The van der Waals surface area contributed by atoms with E-state index < -0.39 is 17.1 Å². The number of ether oxygens (including phenoxy) is 2. The van der Waals surface area contributed by atoms with Crippen LogP contribution in [0.15, 0.2) is 48.5 Å². The van der Waals surface area contributed by atoms with Crippen molar-refractivity contribution in [3.63, 3.8) is 0 Å². The Kier molecular flexibility index (Phi) is 4.59. The Morgan fingerprint density at radius 3 is 2.76 bits per heavy atom. The summed E-state index contributed by atoms with van der Waals surface area (Å²) >= 11 is 0. The number of nitrogens with zero attached hydrogens (tertiary/aromatic N) is 1. The molecule has 3 fully saturated rings. The van der Waals surface area contributed by atoms with E-state index in [9.17, 15) is 10.0 Å². The van der Waals surface area contributed by atoms with Gasteiger partial charge in [-0.15, -0.1) is 0 Å². The van der Waals surface area contributed by atoms with Gasteiger partial charge in [0.1, 0.15) is 17.4 Å². The molecule has 2 aromatic carbocycles. The van der Waals surface area contributed by atoms with Gasteiger partial charge in [0, 0.05) is 37.4 Å². The lowest BCUT2D eigenvalue weighted by atomic mass is 9.48. The van der Waals surface area contributed by atoms with E-state index in [1.165, 1.54) is 29.5 Å². The summed E-state index contributed by atoms with van der Waals surface area (Å²) in [5, 5.41) is 14.6. The number of likely N-dealkylation sites (tertiary alicyclic amines) is 1. The van der Waals surface area contributed by atoms with Crippen molar-refractivity contribution in [1.29, 1.82) is 0 Å². The van der Waals surface area contributed by atoms with Gasteiger partial charge in [0.05, 0.1) is 18.5 Å². The maximum absolute atomic E-state index is 14.6. The molecule has 7 rings (SSSR count). The Hall–Kier alpha value is -2.21. The predicted octanol–water partition coefficient (Wildman–Crippen LogP) is 4.49. The molecule has 34 heavy (non-hydrogen) atoms. The van der Waals surface area contributed by atoms with E-state index in [2.05, 4.69) is 30.3 Å². The number of hydrogen-bond donors (Lipinski definition) is 0. The maximum Gasteiger partial charge on any atom is 0.174 e. The van der Waals surface area contributed by atoms with E-state index >= 15 is 0 Å². The van der Waals surface area contributed by atoms with Crippen LogP contribution in [0.3, 0.4) is 0 Å². The second-order valence-corrected chi connectivity index (χ2v) is 11.3. The van der Waals surface area contributed by atoms with Crippen molar-refractivity contribution in [1.82, 2.24) is 0 Å². The number of hydroxylamine groups is 3. The van der Waals surface area contributed by atoms with Crippen molar-refractivity contribution in [2.24, 2.45) is 5.92 Å². The lowest BCUT2D eigenvalue weighted by molar-refractivity contribution is -0.924. The molecule has 0 N–H and O–H groups in total. The van der Waals surface area contributed by atoms with Crippen molar-refractivity contribution >= 4 is 5.78 Å². The highest BCUT2D eigenvalue weighted by atomic mass is 16.6. The van der Waals surface area contributed by atoms with Gasteiger partial charge in [-0.1, -0.05) is 42.5 Å². The second kappa shape index (κ2) is 7.39. The third-order valence-corrected chi connectivity index (χ3v) is 9.52. The number of Topliss-reactive ketones (excluding diaryl/α,β-unsaturated/α-hetero) is 1. The molecule has 5 atom stereocenters. The van der Waals surface area contributed by atoms with Gasteiger partial charge in [0.2, 0.25) is 0 Å². The van der Waals surface area contributed by atoms with Crippen LogP contribution in [-0.4, -0.2) is 47.9 Å². The van der Waals surface area contributed by atoms with Crippen molar-refractivity contribution in [3.05, 3.63) is 70.4 Å². The van der Waals surface area contributed by atoms with Crippen molar-refractivity contribution in [2.75, 3.05) is 19.7 Å². The van der Waals surface area contributed by atoms with Gasteiger partial charge in [-0.05, 0) is 49.3 Å². The fraction of sp³-hybridized carbons (Fsp3) is 0.552. The summed E-state index contributed by atoms with van der Waals surface area (Å²) in [5.74, 6) is 1.58. The van der Waals surface area contributed by atoms with Crippen LogP contribution < -0.4 is 4.74 Å². The van der Waals surface area contributed by atoms with Gasteiger partial charge in [0.25, 0.3) is 0 Å². The highest BCUT2D eigenvalue weighted by Crippen LogP contribution is 2.66. The summed E-state index contributed by atoms with van der Waals surface area (Å²) in [6.45, 7) is 1.87. The Labute approximate surface area is 201 Å². The molecule has 2 unspecified atom stereocenters. The zero-order chi connectivity index (χ0) is 23.0. The lowest BCUT2D eigenvalue weighted by Crippen LogP contribution is -2.81. The molecule has 5 nitrogen and oxygen atoms in total. The molecule has 2 saturated carbocycles. The SMILES string of the molecule is O=C1CC[C@@]2(OCCCc3ccccc3)C3Cc4cccc5c4[C@@]2(CC[N+]3([O-])CC2CC2)[C@H]1O5. The van der Waals surface area contributed by atoms with Gasteiger partial charge in [0.15, 0.2) is 11.9 Å². The fourth-order valence-corrected chi connectivity index (χ4v) is 7.95. The summed E-state index contributed by atoms with van der Waals surface area (Å²) in [4.78, 5) is 13.3. The first-order valence-electron chi connectivity index (χ1n) is 13.1. The third kappa shape index (κ3) is 2.81. The van der Waals surface area contributed by atoms with Gasteiger partial charge in [-0.2, -0.15) is 0 Å². The minimum atomic E-state index is -0.628. The summed E-state index contributed by atoms with van der Waals surface area (Å²) in [6.07, 6.45) is 6.19. The van der Waals surface area contributed by atoms with E-state index in [1.807, 2.05) is 18.2 Å². The van der Waals surface area contributed by atoms with Gasteiger partial charge in [-0.25, -0.2) is 0 Å². The molecule has 5 heteroatoms. The first-order chi connectivity index (χ1) is 16.6. The standard InChI is InChI=1S/C29H33NO4/c31-23-13-14-29(33-17-5-8-20-6-2-1-3-7-20)25-18-22-9-4-10-24-26(22)28(29,27(23)34-24)15-16-30(25,32)19-21-11-12-21/h1-4,6-7,9-10,21,25,27H,5,8,11-19H2/t25?,27-,28-,29+,30?/m0/s1. The fourth-order valence-electron chi connectivity index (χ4n) is 7.95. The average Bonchev–Trinajstić information content (AvgIpc) is 3.58. The topological polar surface area (TPSA) is 58.6 Å². The van der Waals surface area contributed by atoms with E-state index in [4.69, 9.17) is 9.47 Å². The number of piperidine rings is 1. The second-order valence-electron chi connectivity index (χ2n) is 11.3. The number of benzene rings is 2. The highest BCUT2D eigenvalue weighted by Gasteiger charge is 2.76. The molecule has 0 amide bonds. The van der Waals surface area contributed by atoms with Crippen LogP contribution in [0, 0.1) is 11.1 Å². The van der Waals surface area contributed by atoms with Gasteiger partial charge < -0.3 is 19.3 Å². The van der Waals surface area contributed by atoms with Crippen molar-refractivity contribution in [2.45, 2.75) is 74.5 Å². The molecule has 3 aliphatic carbocycles. The van der Waals surface area contributed by atoms with Crippen LogP contribution in [0.4, 0.5) is 0 Å². The summed E-state index contributed by atoms with van der Waals surface area (Å²) < 4.78 is 13.3. The maximum atomic E-state index is 14.6. The predicted molar refractivity (Wildman–Crippen MR) is 128 cm³/mol. The number of carbonyl (C=O) groups excluding carboxylic acids is 1. The Balaban J connectivity index is 1.29. The molecule has 2 aromatic rings. The molecule has 178 valence electrons. The van der Waals surface area contributed by atoms with Crippen LogP contribution in [0.25, 0.3) is 0 Å². The van der Waals surface area contributed by atoms with Crippen molar-refractivity contribution in [3.8, 4) is 5.75 Å². The molecular formula is C29H33NO4. The summed E-state index contributed by atoms with van der Waals surface area (Å²) in [7, 11) is 0. The first kappa shape index (κ1) is 21.1. The van der Waals surface area contributed by atoms with Crippen LogP contribution >= 0.6 is 0 Å². The smallest absolute Gasteiger partial charge is 0.174 e. The quantitative estimate of drug-likeness (QED) is 0.348.